The number of rotatable bonds is 3. The quantitative estimate of drug-likeness (QED) is 0.798. The van der Waals surface area contributed by atoms with E-state index in [1.807, 2.05) is 0 Å². The maximum Gasteiger partial charge on any atom is 0.446 e. The molecule has 5 heteroatoms. The lowest BCUT2D eigenvalue weighted by Gasteiger charge is -2.26. The Kier molecular flexibility index (Phi) is 4.79. The first-order valence-corrected chi connectivity index (χ1v) is 7.31. The van der Waals surface area contributed by atoms with Gasteiger partial charge in [-0.1, -0.05) is 31.4 Å². The fourth-order valence-electron chi connectivity index (χ4n) is 2.59. The summed E-state index contributed by atoms with van der Waals surface area (Å²) in [5.74, 6) is 0.245. The second-order valence-electron chi connectivity index (χ2n) is 4.96. The number of thioether (sulfide) groups is 1. The van der Waals surface area contributed by atoms with Crippen LogP contribution in [0.2, 0.25) is 0 Å². The summed E-state index contributed by atoms with van der Waals surface area (Å²) >= 11 is -0.125. The average molecular weight is 290 g/mol. The van der Waals surface area contributed by atoms with Gasteiger partial charge in [-0.05, 0) is 48.2 Å². The molecule has 0 spiro atoms. The molecule has 2 rings (SSSR count). The molecule has 0 aliphatic heterocycles. The van der Waals surface area contributed by atoms with E-state index in [0.717, 1.165) is 31.2 Å². The lowest BCUT2D eigenvalue weighted by molar-refractivity contribution is -0.0328. The highest BCUT2D eigenvalue weighted by Crippen LogP contribution is 2.38. The van der Waals surface area contributed by atoms with Gasteiger partial charge in [0.2, 0.25) is 0 Å². The van der Waals surface area contributed by atoms with E-state index < -0.39 is 11.6 Å². The molecule has 1 N–H and O–H groups in total. The normalized spacial score (nSPS) is 19.4. The number of aliphatic hydroxyl groups excluding tert-OH is 1. The highest BCUT2D eigenvalue weighted by atomic mass is 32.2. The minimum atomic E-state index is -4.26. The molecule has 0 radical (unpaired) electrons. The monoisotopic (exact) mass is 290 g/mol. The molecule has 1 fully saturated rings. The minimum absolute atomic E-state index is 0.125. The van der Waals surface area contributed by atoms with Crippen LogP contribution in [-0.4, -0.2) is 10.6 Å². The van der Waals surface area contributed by atoms with E-state index in [1.165, 1.54) is 18.6 Å². The van der Waals surface area contributed by atoms with E-state index in [0.29, 0.717) is 0 Å². The number of aliphatic hydroxyl groups is 1. The van der Waals surface area contributed by atoms with Gasteiger partial charge in [-0.2, -0.15) is 13.2 Å². The van der Waals surface area contributed by atoms with E-state index in [4.69, 9.17) is 0 Å². The summed E-state index contributed by atoms with van der Waals surface area (Å²) in [5, 5.41) is 10.2. The van der Waals surface area contributed by atoms with Gasteiger partial charge in [-0.15, -0.1) is 0 Å². The summed E-state index contributed by atoms with van der Waals surface area (Å²) in [6.07, 6.45) is 4.92. The van der Waals surface area contributed by atoms with Crippen LogP contribution in [0.15, 0.2) is 29.2 Å². The molecule has 0 bridgehead atoms. The summed E-state index contributed by atoms with van der Waals surface area (Å²) in [7, 11) is 0. The Morgan fingerprint density at radius 2 is 1.63 bits per heavy atom. The topological polar surface area (TPSA) is 20.2 Å². The summed E-state index contributed by atoms with van der Waals surface area (Å²) in [6, 6.07) is 6.07. The van der Waals surface area contributed by atoms with Crippen molar-refractivity contribution < 1.29 is 18.3 Å². The van der Waals surface area contributed by atoms with Crippen molar-refractivity contribution in [1.29, 1.82) is 0 Å². The minimum Gasteiger partial charge on any atom is -0.388 e. The number of halogens is 3. The van der Waals surface area contributed by atoms with Crippen LogP contribution in [-0.2, 0) is 0 Å². The molecule has 0 amide bonds. The molecule has 19 heavy (non-hydrogen) atoms. The molecule has 1 aromatic carbocycles. The van der Waals surface area contributed by atoms with Crippen molar-refractivity contribution in [1.82, 2.24) is 0 Å². The van der Waals surface area contributed by atoms with Crippen molar-refractivity contribution in [3.8, 4) is 0 Å². The maximum atomic E-state index is 12.2. The number of alkyl halides is 3. The van der Waals surface area contributed by atoms with Crippen molar-refractivity contribution in [3.63, 3.8) is 0 Å². The third-order valence-corrected chi connectivity index (χ3v) is 4.29. The highest BCUT2D eigenvalue weighted by Gasteiger charge is 2.29. The molecule has 0 aromatic heterocycles. The number of hydrogen-bond donors (Lipinski definition) is 1. The predicted molar refractivity (Wildman–Crippen MR) is 69.9 cm³/mol. The molecular formula is C14H17F3OS. The average Bonchev–Trinajstić information content (AvgIpc) is 2.38. The predicted octanol–water partition coefficient (Wildman–Crippen LogP) is 4.91. The molecule has 1 nitrogen and oxygen atoms in total. The van der Waals surface area contributed by atoms with Crippen LogP contribution < -0.4 is 0 Å². The van der Waals surface area contributed by atoms with Gasteiger partial charge < -0.3 is 5.11 Å². The Labute approximate surface area is 115 Å². The lowest BCUT2D eigenvalue weighted by atomic mass is 9.83. The van der Waals surface area contributed by atoms with Crippen LogP contribution >= 0.6 is 11.8 Å². The number of hydrogen-bond acceptors (Lipinski definition) is 2. The van der Waals surface area contributed by atoms with Gasteiger partial charge in [-0.3, -0.25) is 0 Å². The molecule has 1 aliphatic rings. The van der Waals surface area contributed by atoms with Crippen LogP contribution in [0.25, 0.3) is 0 Å². The molecule has 1 atom stereocenters. The Bertz CT molecular complexity index is 396. The standard InChI is InChI=1S/C14H17F3OS/c15-14(16,17)19-12-8-6-11(7-9-12)13(18)10-4-2-1-3-5-10/h6-10,13,18H,1-5H2. The second kappa shape index (κ2) is 6.18. The van der Waals surface area contributed by atoms with Gasteiger partial charge in [0.1, 0.15) is 0 Å². The van der Waals surface area contributed by atoms with E-state index in [1.54, 1.807) is 12.1 Å². The van der Waals surface area contributed by atoms with Crippen molar-refractivity contribution in [3.05, 3.63) is 29.8 Å². The Morgan fingerprint density at radius 3 is 2.16 bits per heavy atom. The SMILES string of the molecule is OC(c1ccc(SC(F)(F)F)cc1)C1CCCCC1. The summed E-state index contributed by atoms with van der Waals surface area (Å²) in [4.78, 5) is 0.159. The Balaban J connectivity index is 2.01. The highest BCUT2D eigenvalue weighted by molar-refractivity contribution is 8.00. The second-order valence-corrected chi connectivity index (χ2v) is 6.10. The van der Waals surface area contributed by atoms with Crippen LogP contribution in [0, 0.1) is 5.92 Å². The van der Waals surface area contributed by atoms with Gasteiger partial charge in [-0.25, -0.2) is 0 Å². The zero-order chi connectivity index (χ0) is 13.9. The van der Waals surface area contributed by atoms with Gasteiger partial charge in [0.05, 0.1) is 6.10 Å². The largest absolute Gasteiger partial charge is 0.446 e. The van der Waals surface area contributed by atoms with E-state index in [9.17, 15) is 18.3 Å². The zero-order valence-corrected chi connectivity index (χ0v) is 11.3. The molecule has 0 saturated heterocycles. The van der Waals surface area contributed by atoms with Crippen LogP contribution in [0.5, 0.6) is 0 Å². The van der Waals surface area contributed by atoms with Crippen LogP contribution in [0.1, 0.15) is 43.8 Å². The summed E-state index contributed by atoms with van der Waals surface area (Å²) < 4.78 is 36.6. The molecule has 106 valence electrons. The van der Waals surface area contributed by atoms with E-state index >= 15 is 0 Å². The van der Waals surface area contributed by atoms with Gasteiger partial charge >= 0.3 is 5.51 Å². The summed E-state index contributed by atoms with van der Waals surface area (Å²) in [5.41, 5.74) is -3.54. The molecule has 1 aromatic rings. The first kappa shape index (κ1) is 14.7. The fourth-order valence-corrected chi connectivity index (χ4v) is 3.13. The third kappa shape index (κ3) is 4.42. The lowest BCUT2D eigenvalue weighted by Crippen LogP contribution is -2.15. The van der Waals surface area contributed by atoms with Crippen LogP contribution in [0.4, 0.5) is 13.2 Å². The fraction of sp³-hybridized carbons (Fsp3) is 0.571. The Hall–Kier alpha value is -0.680. The third-order valence-electron chi connectivity index (χ3n) is 3.55. The van der Waals surface area contributed by atoms with Crippen molar-refractivity contribution in [2.24, 2.45) is 5.92 Å². The first-order chi connectivity index (χ1) is 8.96. The van der Waals surface area contributed by atoms with Gasteiger partial charge in [0, 0.05) is 4.90 Å². The Morgan fingerprint density at radius 1 is 1.05 bits per heavy atom. The molecule has 1 aliphatic carbocycles. The van der Waals surface area contributed by atoms with Crippen LogP contribution in [0.3, 0.4) is 0 Å². The van der Waals surface area contributed by atoms with E-state index in [2.05, 4.69) is 0 Å². The molecular weight excluding hydrogens is 273 g/mol. The maximum absolute atomic E-state index is 12.2. The van der Waals surface area contributed by atoms with E-state index in [-0.39, 0.29) is 22.6 Å². The first-order valence-electron chi connectivity index (χ1n) is 6.49. The van der Waals surface area contributed by atoms with Crippen molar-refractivity contribution >= 4 is 11.8 Å². The van der Waals surface area contributed by atoms with Gasteiger partial charge in [0.15, 0.2) is 0 Å². The number of benzene rings is 1. The van der Waals surface area contributed by atoms with Gasteiger partial charge in [0.25, 0.3) is 0 Å². The smallest absolute Gasteiger partial charge is 0.388 e. The summed E-state index contributed by atoms with van der Waals surface area (Å²) in [6.45, 7) is 0. The van der Waals surface area contributed by atoms with Crippen molar-refractivity contribution in [2.45, 2.75) is 48.6 Å². The molecule has 0 heterocycles. The zero-order valence-electron chi connectivity index (χ0n) is 10.5. The molecule has 1 saturated carbocycles. The van der Waals surface area contributed by atoms with Crippen molar-refractivity contribution in [2.75, 3.05) is 0 Å². The molecule has 1 unspecified atom stereocenters.